The third-order valence-corrected chi connectivity index (χ3v) is 3.12. The van der Waals surface area contributed by atoms with Crippen LogP contribution in [0.5, 0.6) is 11.5 Å². The molecule has 0 atom stereocenters. The summed E-state index contributed by atoms with van der Waals surface area (Å²) >= 11 is 0. The van der Waals surface area contributed by atoms with E-state index in [1.165, 1.54) is 6.26 Å². The molecule has 1 N–H and O–H groups in total. The first-order chi connectivity index (χ1) is 10.0. The van der Waals surface area contributed by atoms with Crippen molar-refractivity contribution in [2.24, 2.45) is 0 Å². The van der Waals surface area contributed by atoms with Gasteiger partial charge >= 0.3 is 0 Å². The lowest BCUT2D eigenvalue weighted by Gasteiger charge is -2.18. The van der Waals surface area contributed by atoms with Crippen molar-refractivity contribution in [1.29, 1.82) is 0 Å². The smallest absolute Gasteiger partial charge is 0.263 e. The Morgan fingerprint density at radius 1 is 1.43 bits per heavy atom. The van der Waals surface area contributed by atoms with Crippen molar-refractivity contribution < 1.29 is 18.8 Å². The molecule has 1 aliphatic heterocycles. The first-order valence-corrected chi connectivity index (χ1v) is 6.67. The van der Waals surface area contributed by atoms with Gasteiger partial charge in [0.15, 0.2) is 23.9 Å². The monoisotopic (exact) mass is 288 g/mol. The zero-order chi connectivity index (χ0) is 14.9. The molecule has 1 aliphatic rings. The molecule has 1 aromatic heterocycles. The number of rotatable bonds is 4. The van der Waals surface area contributed by atoms with E-state index in [0.717, 1.165) is 17.7 Å². The summed E-state index contributed by atoms with van der Waals surface area (Å²) in [6.45, 7) is 3.93. The van der Waals surface area contributed by atoms with E-state index in [9.17, 15) is 4.79 Å². The van der Waals surface area contributed by atoms with Crippen LogP contribution in [0.4, 0.5) is 5.82 Å². The van der Waals surface area contributed by atoms with Crippen molar-refractivity contribution in [2.45, 2.75) is 25.9 Å². The van der Waals surface area contributed by atoms with Crippen molar-refractivity contribution in [3.05, 3.63) is 36.1 Å². The van der Waals surface area contributed by atoms with E-state index >= 15 is 0 Å². The Bertz CT molecular complexity index is 650. The van der Waals surface area contributed by atoms with Gasteiger partial charge in [0.25, 0.3) is 5.91 Å². The van der Waals surface area contributed by atoms with Gasteiger partial charge in [0.2, 0.25) is 0 Å². The average molecular weight is 288 g/mol. The first kappa shape index (κ1) is 13.5. The zero-order valence-electron chi connectivity index (χ0n) is 11.9. The fraction of sp³-hybridized carbons (Fsp3) is 0.333. The van der Waals surface area contributed by atoms with Gasteiger partial charge in [-0.3, -0.25) is 4.79 Å². The van der Waals surface area contributed by atoms with E-state index in [1.54, 1.807) is 12.1 Å². The maximum Gasteiger partial charge on any atom is 0.263 e. The minimum Gasteiger partial charge on any atom is -0.483 e. The van der Waals surface area contributed by atoms with Gasteiger partial charge in [-0.05, 0) is 19.9 Å². The van der Waals surface area contributed by atoms with E-state index in [4.69, 9.17) is 9.47 Å². The van der Waals surface area contributed by atoms with E-state index < -0.39 is 0 Å². The fourth-order valence-electron chi connectivity index (χ4n) is 2.30. The molecule has 0 aliphatic carbocycles. The highest BCUT2D eigenvalue weighted by Gasteiger charge is 2.32. The van der Waals surface area contributed by atoms with Gasteiger partial charge in [-0.2, -0.15) is 0 Å². The Morgan fingerprint density at radius 3 is 3.05 bits per heavy atom. The summed E-state index contributed by atoms with van der Waals surface area (Å²) in [6.07, 6.45) is 2.21. The molecule has 0 fully saturated rings. The number of hydrogen-bond donors (Lipinski definition) is 1. The van der Waals surface area contributed by atoms with Crippen LogP contribution in [0, 0.1) is 0 Å². The highest BCUT2D eigenvalue weighted by Crippen LogP contribution is 2.41. The second-order valence-corrected chi connectivity index (χ2v) is 5.50. The van der Waals surface area contributed by atoms with Crippen molar-refractivity contribution >= 4 is 11.7 Å². The van der Waals surface area contributed by atoms with Gasteiger partial charge in [-0.25, -0.2) is 0 Å². The summed E-state index contributed by atoms with van der Waals surface area (Å²) < 4.78 is 16.1. The number of carbonyl (C=O) groups is 1. The van der Waals surface area contributed by atoms with Crippen LogP contribution in [-0.4, -0.2) is 23.3 Å². The highest BCUT2D eigenvalue weighted by atomic mass is 16.5. The Hall–Kier alpha value is -2.50. The summed E-state index contributed by atoms with van der Waals surface area (Å²) in [5.41, 5.74) is 0.847. The molecular weight excluding hydrogens is 272 g/mol. The molecule has 0 saturated heterocycles. The Labute approximate surface area is 122 Å². The number of aromatic nitrogens is 1. The largest absolute Gasteiger partial charge is 0.483 e. The van der Waals surface area contributed by atoms with Crippen molar-refractivity contribution in [3.8, 4) is 11.5 Å². The third-order valence-electron chi connectivity index (χ3n) is 3.12. The number of hydrogen-bond acceptors (Lipinski definition) is 5. The molecule has 0 unspecified atom stereocenters. The fourth-order valence-corrected chi connectivity index (χ4v) is 2.30. The number of para-hydroxylation sites is 1. The highest BCUT2D eigenvalue weighted by molar-refractivity contribution is 5.90. The summed E-state index contributed by atoms with van der Waals surface area (Å²) in [4.78, 5) is 11.8. The van der Waals surface area contributed by atoms with Gasteiger partial charge in [0.1, 0.15) is 11.9 Å². The number of benzene rings is 1. The van der Waals surface area contributed by atoms with E-state index in [-0.39, 0.29) is 18.1 Å². The van der Waals surface area contributed by atoms with Gasteiger partial charge in [0, 0.05) is 18.1 Å². The quantitative estimate of drug-likeness (QED) is 0.935. The van der Waals surface area contributed by atoms with Crippen LogP contribution >= 0.6 is 0 Å². The lowest BCUT2D eigenvalue weighted by atomic mass is 10.0. The van der Waals surface area contributed by atoms with Crippen LogP contribution in [0.25, 0.3) is 0 Å². The Kier molecular flexibility index (Phi) is 3.29. The molecule has 2 aromatic rings. The van der Waals surface area contributed by atoms with Crippen molar-refractivity contribution in [3.63, 3.8) is 0 Å². The van der Waals surface area contributed by atoms with Gasteiger partial charge in [0.05, 0.1) is 0 Å². The summed E-state index contributed by atoms with van der Waals surface area (Å²) in [5, 5.41) is 6.17. The van der Waals surface area contributed by atoms with Crippen LogP contribution in [-0.2, 0) is 11.2 Å². The van der Waals surface area contributed by atoms with Crippen LogP contribution in [0.2, 0.25) is 0 Å². The second kappa shape index (κ2) is 5.12. The molecule has 110 valence electrons. The Balaban J connectivity index is 1.64. The van der Waals surface area contributed by atoms with Gasteiger partial charge < -0.3 is 19.3 Å². The maximum absolute atomic E-state index is 11.8. The molecular formula is C15H16N2O4. The number of nitrogens with zero attached hydrogens (tertiary/aromatic N) is 1. The predicted octanol–water partition coefficient (Wildman–Crippen LogP) is 2.41. The molecule has 0 spiro atoms. The molecule has 1 aromatic carbocycles. The summed E-state index contributed by atoms with van der Waals surface area (Å²) in [5.74, 6) is 1.35. The number of fused-ring (bicyclic) bond motifs is 1. The molecule has 21 heavy (non-hydrogen) atoms. The minimum atomic E-state index is -0.307. The number of anilines is 1. The van der Waals surface area contributed by atoms with Gasteiger partial charge in [-0.15, -0.1) is 0 Å². The minimum absolute atomic E-state index is 0.118. The third kappa shape index (κ3) is 2.99. The maximum atomic E-state index is 11.8. The van der Waals surface area contributed by atoms with Gasteiger partial charge in [-0.1, -0.05) is 17.3 Å². The average Bonchev–Trinajstić information content (AvgIpc) is 3.01. The number of amides is 1. The topological polar surface area (TPSA) is 73.6 Å². The predicted molar refractivity (Wildman–Crippen MR) is 75.5 cm³/mol. The first-order valence-electron chi connectivity index (χ1n) is 6.67. The Morgan fingerprint density at radius 2 is 2.29 bits per heavy atom. The van der Waals surface area contributed by atoms with E-state index in [1.807, 2.05) is 26.0 Å². The van der Waals surface area contributed by atoms with Crippen LogP contribution in [0.15, 0.2) is 35.1 Å². The SMILES string of the molecule is CC1(C)Cc2cccc(OCC(=O)Nc3ccon3)c2O1. The van der Waals surface area contributed by atoms with E-state index in [0.29, 0.717) is 11.6 Å². The number of carbonyl (C=O) groups excluding carboxylic acids is 1. The second-order valence-electron chi connectivity index (χ2n) is 5.50. The molecule has 1 amide bonds. The van der Waals surface area contributed by atoms with Crippen molar-refractivity contribution in [2.75, 3.05) is 11.9 Å². The van der Waals surface area contributed by atoms with Crippen LogP contribution in [0.3, 0.4) is 0 Å². The van der Waals surface area contributed by atoms with Crippen molar-refractivity contribution in [1.82, 2.24) is 5.16 Å². The number of nitrogens with one attached hydrogen (secondary N) is 1. The molecule has 6 heteroatoms. The molecule has 6 nitrogen and oxygen atoms in total. The number of ether oxygens (including phenoxy) is 2. The summed E-state index contributed by atoms with van der Waals surface area (Å²) in [7, 11) is 0. The molecule has 0 saturated carbocycles. The summed E-state index contributed by atoms with van der Waals surface area (Å²) in [6, 6.07) is 7.26. The standard InChI is InChI=1S/C15H16N2O4/c1-15(2)8-10-4-3-5-11(14(10)21-15)19-9-13(18)16-12-6-7-20-17-12/h3-7H,8-9H2,1-2H3,(H,16,17,18). The zero-order valence-corrected chi connectivity index (χ0v) is 11.9. The van der Waals surface area contributed by atoms with Crippen LogP contribution in [0.1, 0.15) is 19.4 Å². The van der Waals surface area contributed by atoms with E-state index in [2.05, 4.69) is 15.0 Å². The normalized spacial score (nSPS) is 15.1. The van der Waals surface area contributed by atoms with Crippen LogP contribution < -0.4 is 14.8 Å². The molecule has 3 rings (SSSR count). The molecule has 0 radical (unpaired) electrons. The lowest BCUT2D eigenvalue weighted by molar-refractivity contribution is -0.118. The molecule has 0 bridgehead atoms. The lowest BCUT2D eigenvalue weighted by Crippen LogP contribution is -2.25. The molecule has 2 heterocycles.